The van der Waals surface area contributed by atoms with E-state index in [4.69, 9.17) is 9.47 Å². The van der Waals surface area contributed by atoms with Crippen molar-refractivity contribution in [1.29, 1.82) is 0 Å². The number of Topliss-reactive ketones (excluding diaryl/α,β-unsaturated/α-hetero) is 1. The summed E-state index contributed by atoms with van der Waals surface area (Å²) in [7, 11) is 0. The molecule has 0 bridgehead atoms. The van der Waals surface area contributed by atoms with Crippen molar-refractivity contribution < 1.29 is 23.9 Å². The normalized spacial score (nSPS) is 27.4. The summed E-state index contributed by atoms with van der Waals surface area (Å²) in [6, 6.07) is 10.0. The van der Waals surface area contributed by atoms with E-state index in [1.807, 2.05) is 36.4 Å². The predicted octanol–water partition coefficient (Wildman–Crippen LogP) is 5.24. The smallest absolute Gasteiger partial charge is 0.324 e. The number of benzene rings is 1. The second-order valence-electron chi connectivity index (χ2n) is 11.3. The highest BCUT2D eigenvalue weighted by Gasteiger charge is 2.59. The van der Waals surface area contributed by atoms with Gasteiger partial charge in [-0.1, -0.05) is 49.4 Å². The molecule has 0 spiro atoms. The molecule has 0 aromatic heterocycles. The number of ether oxygens (including phenoxy) is 2. The highest BCUT2D eigenvalue weighted by molar-refractivity contribution is 6.05. The first-order chi connectivity index (χ1) is 14.7. The molecule has 1 saturated carbocycles. The molecule has 0 saturated heterocycles. The third-order valence-electron chi connectivity index (χ3n) is 6.27. The van der Waals surface area contributed by atoms with E-state index >= 15 is 0 Å². The van der Waals surface area contributed by atoms with Crippen molar-refractivity contribution in [1.82, 2.24) is 0 Å². The summed E-state index contributed by atoms with van der Waals surface area (Å²) >= 11 is 0. The fourth-order valence-electron chi connectivity index (χ4n) is 5.01. The zero-order valence-corrected chi connectivity index (χ0v) is 20.3. The molecule has 0 heterocycles. The zero-order valence-electron chi connectivity index (χ0n) is 20.3. The SMILES string of the molecule is C[C@@H]1C=C[C@@H]2CC(C(=O)OC(C)(C)C)(C(=O)OC(C)(C)C)CC(=O)[C@@H]2[C@H]1c1ccccc1. The van der Waals surface area contributed by atoms with Crippen LogP contribution in [0.2, 0.25) is 0 Å². The van der Waals surface area contributed by atoms with Crippen molar-refractivity contribution in [3.63, 3.8) is 0 Å². The van der Waals surface area contributed by atoms with Gasteiger partial charge in [0.1, 0.15) is 17.0 Å². The van der Waals surface area contributed by atoms with Gasteiger partial charge in [0.15, 0.2) is 5.41 Å². The van der Waals surface area contributed by atoms with Crippen LogP contribution in [0.15, 0.2) is 42.5 Å². The molecule has 5 heteroatoms. The number of carbonyl (C=O) groups excluding carboxylic acids is 3. The summed E-state index contributed by atoms with van der Waals surface area (Å²) < 4.78 is 11.3. The predicted molar refractivity (Wildman–Crippen MR) is 123 cm³/mol. The Morgan fingerprint density at radius 2 is 1.41 bits per heavy atom. The van der Waals surface area contributed by atoms with Crippen LogP contribution < -0.4 is 0 Å². The summed E-state index contributed by atoms with van der Waals surface area (Å²) in [5, 5.41) is 0. The molecule has 5 nitrogen and oxygen atoms in total. The van der Waals surface area contributed by atoms with Crippen LogP contribution in [0.4, 0.5) is 0 Å². The van der Waals surface area contributed by atoms with E-state index in [2.05, 4.69) is 13.0 Å². The molecule has 4 atom stereocenters. The van der Waals surface area contributed by atoms with Gasteiger partial charge in [-0.3, -0.25) is 14.4 Å². The molecule has 2 aliphatic carbocycles. The summed E-state index contributed by atoms with van der Waals surface area (Å²) in [5.74, 6) is -1.76. The monoisotopic (exact) mass is 440 g/mol. The first-order valence-corrected chi connectivity index (χ1v) is 11.5. The van der Waals surface area contributed by atoms with Crippen LogP contribution in [-0.4, -0.2) is 28.9 Å². The van der Waals surface area contributed by atoms with Gasteiger partial charge in [-0.15, -0.1) is 0 Å². The lowest BCUT2D eigenvalue weighted by atomic mass is 9.56. The average Bonchev–Trinajstić information content (AvgIpc) is 2.66. The van der Waals surface area contributed by atoms with E-state index in [0.29, 0.717) is 0 Å². The minimum absolute atomic E-state index is 0.00831. The first kappa shape index (κ1) is 24.2. The van der Waals surface area contributed by atoms with E-state index < -0.39 is 28.6 Å². The summed E-state index contributed by atoms with van der Waals surface area (Å²) in [5.41, 5.74) is -2.09. The Balaban J connectivity index is 2.02. The molecular weight excluding hydrogens is 404 g/mol. The van der Waals surface area contributed by atoms with Gasteiger partial charge in [0.2, 0.25) is 0 Å². The minimum Gasteiger partial charge on any atom is -0.459 e. The van der Waals surface area contributed by atoms with Crippen molar-refractivity contribution in [3.8, 4) is 0 Å². The standard InChI is InChI=1S/C27H36O5/c1-17-13-14-19-15-27(23(29)31-25(2,3)4,24(30)32-26(5,6)7)16-20(28)22(19)21(17)18-11-9-8-10-12-18/h8-14,17,19,21-22H,15-16H2,1-7H3/t17-,19-,21-,22-/m1/s1. The van der Waals surface area contributed by atoms with Crippen LogP contribution in [-0.2, 0) is 23.9 Å². The number of fused-ring (bicyclic) bond motifs is 1. The fourth-order valence-corrected chi connectivity index (χ4v) is 5.01. The highest BCUT2D eigenvalue weighted by Crippen LogP contribution is 2.52. The molecule has 0 aliphatic heterocycles. The van der Waals surface area contributed by atoms with Crippen LogP contribution in [0.3, 0.4) is 0 Å². The fraction of sp³-hybridized carbons (Fsp3) is 0.593. The quantitative estimate of drug-likeness (QED) is 0.365. The molecule has 0 N–H and O–H groups in total. The first-order valence-electron chi connectivity index (χ1n) is 11.5. The molecular formula is C27H36O5. The number of rotatable bonds is 3. The van der Waals surface area contributed by atoms with Gasteiger partial charge in [-0.25, -0.2) is 0 Å². The van der Waals surface area contributed by atoms with E-state index in [1.54, 1.807) is 41.5 Å². The van der Waals surface area contributed by atoms with Crippen molar-refractivity contribution in [2.24, 2.45) is 23.2 Å². The Labute approximate surface area is 191 Å². The Hall–Kier alpha value is -2.43. The Morgan fingerprint density at radius 1 is 0.875 bits per heavy atom. The molecule has 174 valence electrons. The third kappa shape index (κ3) is 4.97. The molecule has 0 amide bonds. The van der Waals surface area contributed by atoms with Crippen LogP contribution in [0, 0.1) is 23.2 Å². The van der Waals surface area contributed by atoms with Crippen molar-refractivity contribution in [3.05, 3.63) is 48.0 Å². The van der Waals surface area contributed by atoms with E-state index in [0.717, 1.165) is 5.56 Å². The molecule has 32 heavy (non-hydrogen) atoms. The van der Waals surface area contributed by atoms with Crippen molar-refractivity contribution in [2.75, 3.05) is 0 Å². The number of carbonyl (C=O) groups is 3. The number of hydrogen-bond donors (Lipinski definition) is 0. The summed E-state index contributed by atoms with van der Waals surface area (Å²) in [4.78, 5) is 40.5. The van der Waals surface area contributed by atoms with Gasteiger partial charge in [-0.05, 0) is 65.4 Å². The summed E-state index contributed by atoms with van der Waals surface area (Å²) in [6.07, 6.45) is 4.13. The third-order valence-corrected chi connectivity index (χ3v) is 6.27. The molecule has 0 radical (unpaired) electrons. The molecule has 0 unspecified atom stereocenters. The van der Waals surface area contributed by atoms with Gasteiger partial charge in [0.25, 0.3) is 0 Å². The van der Waals surface area contributed by atoms with Gasteiger partial charge in [0.05, 0.1) is 0 Å². The lowest BCUT2D eigenvalue weighted by Crippen LogP contribution is -2.54. The lowest BCUT2D eigenvalue weighted by Gasteiger charge is -2.46. The van der Waals surface area contributed by atoms with Crippen LogP contribution in [0.25, 0.3) is 0 Å². The number of hydrogen-bond acceptors (Lipinski definition) is 5. The van der Waals surface area contributed by atoms with Crippen LogP contribution in [0.5, 0.6) is 0 Å². The van der Waals surface area contributed by atoms with Gasteiger partial charge in [0, 0.05) is 18.3 Å². The Kier molecular flexibility index (Phi) is 6.43. The second-order valence-corrected chi connectivity index (χ2v) is 11.3. The minimum atomic E-state index is -1.63. The molecule has 1 fully saturated rings. The molecule has 2 aliphatic rings. The second kappa shape index (κ2) is 8.49. The molecule has 1 aromatic carbocycles. The highest BCUT2D eigenvalue weighted by atomic mass is 16.6. The van der Waals surface area contributed by atoms with Crippen LogP contribution in [0.1, 0.15) is 72.8 Å². The molecule has 1 aromatic rings. The van der Waals surface area contributed by atoms with Crippen molar-refractivity contribution >= 4 is 17.7 Å². The summed E-state index contributed by atoms with van der Waals surface area (Å²) in [6.45, 7) is 12.7. The number of allylic oxidation sites excluding steroid dienone is 2. The number of esters is 2. The van der Waals surface area contributed by atoms with E-state index in [1.165, 1.54) is 0 Å². The average molecular weight is 441 g/mol. The maximum atomic E-state index is 13.7. The van der Waals surface area contributed by atoms with Gasteiger partial charge < -0.3 is 9.47 Å². The van der Waals surface area contributed by atoms with Gasteiger partial charge >= 0.3 is 11.9 Å². The Morgan fingerprint density at radius 3 is 1.91 bits per heavy atom. The van der Waals surface area contributed by atoms with E-state index in [-0.39, 0.29) is 42.3 Å². The van der Waals surface area contributed by atoms with Gasteiger partial charge in [-0.2, -0.15) is 0 Å². The van der Waals surface area contributed by atoms with Crippen molar-refractivity contribution in [2.45, 2.75) is 78.4 Å². The van der Waals surface area contributed by atoms with Crippen LogP contribution >= 0.6 is 0 Å². The molecule has 3 rings (SSSR count). The number of ketones is 1. The zero-order chi connectivity index (χ0) is 23.9. The largest absolute Gasteiger partial charge is 0.459 e. The topological polar surface area (TPSA) is 69.7 Å². The Bertz CT molecular complexity index is 872. The maximum Gasteiger partial charge on any atom is 0.324 e. The lowest BCUT2D eigenvalue weighted by molar-refractivity contribution is -0.191. The van der Waals surface area contributed by atoms with E-state index in [9.17, 15) is 14.4 Å². The maximum absolute atomic E-state index is 13.7.